The topological polar surface area (TPSA) is 60.3 Å². The average Bonchev–Trinajstić information content (AvgIpc) is 2.72. The van der Waals surface area contributed by atoms with Crippen molar-refractivity contribution in [1.29, 1.82) is 0 Å². The summed E-state index contributed by atoms with van der Waals surface area (Å²) >= 11 is 1.61. The summed E-state index contributed by atoms with van der Waals surface area (Å²) in [7, 11) is 1.45. The Kier molecular flexibility index (Phi) is 6.77. The molecule has 1 amide bonds. The molecule has 0 aliphatic rings. The van der Waals surface area contributed by atoms with Crippen LogP contribution in [0.2, 0.25) is 0 Å². The Hall–Kier alpha value is -2.99. The van der Waals surface area contributed by atoms with Gasteiger partial charge in [-0.1, -0.05) is 30.3 Å². The molecule has 3 aromatic rings. The average molecular weight is 409 g/mol. The van der Waals surface area contributed by atoms with E-state index in [0.717, 1.165) is 27.4 Å². The number of hydrogen-bond acceptors (Lipinski definition) is 4. The maximum absolute atomic E-state index is 12.7. The minimum absolute atomic E-state index is 0.0920. The van der Waals surface area contributed by atoms with Crippen LogP contribution in [0.1, 0.15) is 16.8 Å². The van der Waals surface area contributed by atoms with Gasteiger partial charge in [0.25, 0.3) is 0 Å². The first-order valence-electron chi connectivity index (χ1n) is 9.29. The van der Waals surface area contributed by atoms with Gasteiger partial charge in [0.15, 0.2) is 5.75 Å². The van der Waals surface area contributed by atoms with E-state index in [1.807, 2.05) is 62.4 Å². The summed E-state index contributed by atoms with van der Waals surface area (Å²) in [5.41, 5.74) is 3.53. The number of methoxy groups -OCH3 is 1. The summed E-state index contributed by atoms with van der Waals surface area (Å²) in [5, 5.41) is 2.97. The number of rotatable bonds is 7. The Morgan fingerprint density at radius 1 is 1.10 bits per heavy atom. The Morgan fingerprint density at radius 2 is 1.86 bits per heavy atom. The zero-order valence-corrected chi connectivity index (χ0v) is 17.6. The number of pyridine rings is 1. The smallest absolute Gasteiger partial charge is 0.244 e. The molecule has 0 bridgehead atoms. The van der Waals surface area contributed by atoms with Gasteiger partial charge in [0.1, 0.15) is 6.54 Å². The molecule has 0 saturated heterocycles. The minimum atomic E-state index is -0.192. The molecule has 3 rings (SSSR count). The highest BCUT2D eigenvalue weighted by Gasteiger charge is 2.12. The molecule has 1 heterocycles. The van der Waals surface area contributed by atoms with Crippen molar-refractivity contribution in [3.8, 4) is 5.75 Å². The van der Waals surface area contributed by atoms with E-state index in [0.29, 0.717) is 5.75 Å². The van der Waals surface area contributed by atoms with Crippen LogP contribution in [0.5, 0.6) is 5.75 Å². The molecule has 5 nitrogen and oxygen atoms in total. The standard InChI is InChI=1S/C23H24N2O3S/c1-16-8-7-11-20(17(16)2)24-23(27)14-25-13-22(28-3)21(26)12-18(25)15-29-19-9-5-4-6-10-19/h4-13H,14-15H2,1-3H3,(H,24,27). The number of carbonyl (C=O) groups excluding carboxylic acids is 1. The monoisotopic (exact) mass is 408 g/mol. The lowest BCUT2D eigenvalue weighted by Gasteiger charge is -2.16. The van der Waals surface area contributed by atoms with Crippen molar-refractivity contribution in [2.24, 2.45) is 0 Å². The van der Waals surface area contributed by atoms with Crippen LogP contribution >= 0.6 is 11.8 Å². The number of nitrogens with one attached hydrogen (secondary N) is 1. The largest absolute Gasteiger partial charge is 0.491 e. The van der Waals surface area contributed by atoms with E-state index in [4.69, 9.17) is 4.74 Å². The molecule has 1 aromatic heterocycles. The lowest BCUT2D eigenvalue weighted by atomic mass is 10.1. The molecule has 29 heavy (non-hydrogen) atoms. The van der Waals surface area contributed by atoms with Crippen molar-refractivity contribution >= 4 is 23.4 Å². The molecular weight excluding hydrogens is 384 g/mol. The van der Waals surface area contributed by atoms with Gasteiger partial charge in [-0.25, -0.2) is 0 Å². The fourth-order valence-corrected chi connectivity index (χ4v) is 3.84. The molecule has 2 aromatic carbocycles. The van der Waals surface area contributed by atoms with Crippen LogP contribution in [0.4, 0.5) is 5.69 Å². The maximum atomic E-state index is 12.7. The Morgan fingerprint density at radius 3 is 2.59 bits per heavy atom. The van der Waals surface area contributed by atoms with E-state index < -0.39 is 0 Å². The van der Waals surface area contributed by atoms with E-state index in [1.54, 1.807) is 28.6 Å². The zero-order chi connectivity index (χ0) is 20.8. The van der Waals surface area contributed by atoms with Crippen molar-refractivity contribution < 1.29 is 9.53 Å². The summed E-state index contributed by atoms with van der Waals surface area (Å²) < 4.78 is 6.94. The molecule has 0 aliphatic heterocycles. The molecule has 0 unspecified atom stereocenters. The molecule has 0 fully saturated rings. The summed E-state index contributed by atoms with van der Waals surface area (Å²) in [6.07, 6.45) is 1.60. The zero-order valence-electron chi connectivity index (χ0n) is 16.8. The van der Waals surface area contributed by atoms with Crippen LogP contribution in [0.15, 0.2) is 70.5 Å². The second-order valence-electron chi connectivity index (χ2n) is 6.72. The van der Waals surface area contributed by atoms with Crippen LogP contribution in [0, 0.1) is 13.8 Å². The van der Waals surface area contributed by atoms with Gasteiger partial charge in [-0.15, -0.1) is 11.8 Å². The predicted molar refractivity (Wildman–Crippen MR) is 118 cm³/mol. The van der Waals surface area contributed by atoms with E-state index in [2.05, 4.69) is 5.32 Å². The number of ether oxygens (including phenoxy) is 1. The third-order valence-electron chi connectivity index (χ3n) is 4.73. The number of amides is 1. The summed E-state index contributed by atoms with van der Waals surface area (Å²) in [6, 6.07) is 17.3. The SMILES string of the molecule is COc1cn(CC(=O)Nc2cccc(C)c2C)c(CSc2ccccc2)cc1=O. The lowest BCUT2D eigenvalue weighted by Crippen LogP contribution is -2.23. The lowest BCUT2D eigenvalue weighted by molar-refractivity contribution is -0.116. The van der Waals surface area contributed by atoms with E-state index >= 15 is 0 Å². The molecule has 0 radical (unpaired) electrons. The first-order valence-corrected chi connectivity index (χ1v) is 10.3. The number of hydrogen-bond donors (Lipinski definition) is 1. The van der Waals surface area contributed by atoms with Crippen molar-refractivity contribution in [3.05, 3.63) is 87.8 Å². The maximum Gasteiger partial charge on any atom is 0.244 e. The second kappa shape index (κ2) is 9.47. The van der Waals surface area contributed by atoms with E-state index in [1.165, 1.54) is 7.11 Å². The third kappa shape index (κ3) is 5.29. The first kappa shape index (κ1) is 20.7. The molecule has 0 spiro atoms. The third-order valence-corrected chi connectivity index (χ3v) is 5.77. The van der Waals surface area contributed by atoms with Gasteiger partial charge >= 0.3 is 0 Å². The van der Waals surface area contributed by atoms with Gasteiger partial charge < -0.3 is 14.6 Å². The molecular formula is C23H24N2O3S. The number of nitrogens with zero attached hydrogens (tertiary/aromatic N) is 1. The minimum Gasteiger partial charge on any atom is -0.491 e. The van der Waals surface area contributed by atoms with E-state index in [9.17, 15) is 9.59 Å². The fraction of sp³-hybridized carbons (Fsp3) is 0.217. The Bertz CT molecular complexity index is 1060. The number of aryl methyl sites for hydroxylation is 1. The first-order chi connectivity index (χ1) is 14.0. The normalized spacial score (nSPS) is 10.6. The fourth-order valence-electron chi connectivity index (χ4n) is 2.92. The summed E-state index contributed by atoms with van der Waals surface area (Å²) in [5.74, 6) is 0.633. The van der Waals surface area contributed by atoms with Crippen molar-refractivity contribution in [2.45, 2.75) is 31.0 Å². The van der Waals surface area contributed by atoms with Crippen LogP contribution in [-0.4, -0.2) is 17.6 Å². The van der Waals surface area contributed by atoms with Crippen LogP contribution < -0.4 is 15.5 Å². The van der Waals surface area contributed by atoms with Crippen LogP contribution in [0.3, 0.4) is 0 Å². The van der Waals surface area contributed by atoms with Crippen molar-refractivity contribution in [1.82, 2.24) is 4.57 Å². The number of anilines is 1. The molecule has 1 N–H and O–H groups in total. The molecule has 0 aliphatic carbocycles. The van der Waals surface area contributed by atoms with Crippen LogP contribution in [-0.2, 0) is 17.1 Å². The molecule has 6 heteroatoms. The van der Waals surface area contributed by atoms with Gasteiger partial charge in [-0.2, -0.15) is 0 Å². The van der Waals surface area contributed by atoms with E-state index in [-0.39, 0.29) is 23.6 Å². The van der Waals surface area contributed by atoms with Gasteiger partial charge in [0, 0.05) is 28.1 Å². The van der Waals surface area contributed by atoms with Gasteiger partial charge in [-0.3, -0.25) is 9.59 Å². The van der Waals surface area contributed by atoms with Gasteiger partial charge in [-0.05, 0) is 43.2 Å². The quantitative estimate of drug-likeness (QED) is 0.589. The van der Waals surface area contributed by atoms with Crippen molar-refractivity contribution in [3.63, 3.8) is 0 Å². The predicted octanol–water partition coefficient (Wildman–Crippen LogP) is 4.40. The number of thioether (sulfide) groups is 1. The second-order valence-corrected chi connectivity index (χ2v) is 7.77. The Balaban J connectivity index is 1.81. The molecule has 150 valence electrons. The highest BCUT2D eigenvalue weighted by Crippen LogP contribution is 2.23. The molecule has 0 saturated carbocycles. The Labute approximate surface area is 174 Å². The van der Waals surface area contributed by atoms with Gasteiger partial charge in [0.2, 0.25) is 11.3 Å². The van der Waals surface area contributed by atoms with Crippen LogP contribution in [0.25, 0.3) is 0 Å². The van der Waals surface area contributed by atoms with Gasteiger partial charge in [0.05, 0.1) is 13.3 Å². The van der Waals surface area contributed by atoms with Crippen molar-refractivity contribution in [2.75, 3.05) is 12.4 Å². The molecule has 0 atom stereocenters. The highest BCUT2D eigenvalue weighted by molar-refractivity contribution is 7.98. The number of benzene rings is 2. The highest BCUT2D eigenvalue weighted by atomic mass is 32.2. The summed E-state index contributed by atoms with van der Waals surface area (Å²) in [6.45, 7) is 4.08. The number of carbonyl (C=O) groups is 1. The number of aromatic nitrogens is 1. The summed E-state index contributed by atoms with van der Waals surface area (Å²) in [4.78, 5) is 26.0.